The highest BCUT2D eigenvalue weighted by Gasteiger charge is 1.57. The summed E-state index contributed by atoms with van der Waals surface area (Å²) >= 11 is 0. The average Bonchev–Trinajstić information content (AvgIpc) is 2.17. The van der Waals surface area contributed by atoms with Crippen LogP contribution in [-0.2, 0) is 0 Å². The largest absolute Gasteiger partial charge is 0.266 e. The van der Waals surface area contributed by atoms with Crippen LogP contribution in [0, 0.1) is 11.3 Å². The first-order valence-corrected chi connectivity index (χ1v) is 2.03. The van der Waals surface area contributed by atoms with E-state index in [1.165, 1.54) is 6.92 Å². The van der Waals surface area contributed by atoms with Gasteiger partial charge in [0, 0.05) is 13.1 Å². The summed E-state index contributed by atoms with van der Waals surface area (Å²) in [6.07, 6.45) is 3.24. The summed E-state index contributed by atoms with van der Waals surface area (Å²) in [6.45, 7) is 1.43. The van der Waals surface area contributed by atoms with E-state index in [0.717, 1.165) is 0 Å². The second-order valence-corrected chi connectivity index (χ2v) is 0.884. The molecule has 0 amide bonds. The Balaban J connectivity index is 0.000000145. The highest BCUT2D eigenvalue weighted by molar-refractivity contribution is 4.54. The Morgan fingerprint density at radius 1 is 1.75 bits per heavy atom. The van der Waals surface area contributed by atoms with Crippen LogP contribution in [0.25, 0.3) is 0 Å². The van der Waals surface area contributed by atoms with Gasteiger partial charge < -0.3 is 0 Å². The van der Waals surface area contributed by atoms with Gasteiger partial charge in [0.15, 0.2) is 0 Å². The van der Waals surface area contributed by atoms with Gasteiger partial charge in [0.25, 0.3) is 0 Å². The predicted molar refractivity (Wildman–Crippen MR) is 27.7 cm³/mol. The zero-order valence-corrected chi connectivity index (χ0v) is 4.50. The van der Waals surface area contributed by atoms with E-state index in [0.29, 0.717) is 0 Å². The summed E-state index contributed by atoms with van der Waals surface area (Å²) in [4.78, 5) is 0. The van der Waals surface area contributed by atoms with Crippen molar-refractivity contribution in [1.29, 1.82) is 5.26 Å². The van der Waals surface area contributed by atoms with Crippen molar-refractivity contribution in [3.05, 3.63) is 12.4 Å². The normalized spacial score (nSPS) is 6.00. The minimum Gasteiger partial charge on any atom is -0.266 e. The first-order valence-electron chi connectivity index (χ1n) is 2.03. The highest BCUT2D eigenvalue weighted by Crippen LogP contribution is 1.55. The second-order valence-electron chi connectivity index (χ2n) is 0.884. The van der Waals surface area contributed by atoms with E-state index in [2.05, 4.69) is 15.4 Å². The lowest BCUT2D eigenvalue weighted by atomic mass is 11.0. The number of nitrogens with zero attached hydrogens (tertiary/aromatic N) is 3. The van der Waals surface area contributed by atoms with E-state index in [-0.39, 0.29) is 0 Å². The maximum Gasteiger partial charge on any atom is 0.0690 e. The van der Waals surface area contributed by atoms with Crippen molar-refractivity contribution in [2.24, 2.45) is 0 Å². The van der Waals surface area contributed by atoms with E-state index < -0.39 is 0 Å². The molecule has 0 bridgehead atoms. The maximum atomic E-state index is 7.32. The number of nitrogens with one attached hydrogen (secondary N) is 1. The van der Waals surface area contributed by atoms with E-state index in [9.17, 15) is 0 Å². The Kier molecular flexibility index (Phi) is 4.67. The van der Waals surface area contributed by atoms with Crippen molar-refractivity contribution >= 4 is 0 Å². The van der Waals surface area contributed by atoms with Gasteiger partial charge in [-0.3, -0.25) is 5.10 Å². The van der Waals surface area contributed by atoms with Crippen LogP contribution in [0.3, 0.4) is 0 Å². The van der Waals surface area contributed by atoms with Crippen LogP contribution in [0.4, 0.5) is 0 Å². The number of hydrogen-bond donors (Lipinski definition) is 1. The van der Waals surface area contributed by atoms with Crippen molar-refractivity contribution in [3.8, 4) is 6.07 Å². The van der Waals surface area contributed by atoms with E-state index in [1.807, 2.05) is 0 Å². The standard InChI is InChI=1S/C2H3N3.C2H3N/c1-2-4-5-3-1;1-2-3/h1-2H,(H,3,4,5);1H3. The topological polar surface area (TPSA) is 65.4 Å². The van der Waals surface area contributed by atoms with Gasteiger partial charge in [-0.15, -0.1) is 5.10 Å². The fourth-order valence-electron chi connectivity index (χ4n) is 0.167. The Morgan fingerprint density at radius 2 is 2.38 bits per heavy atom. The molecule has 0 atom stereocenters. The highest BCUT2D eigenvalue weighted by atomic mass is 15.3. The number of nitriles is 1. The summed E-state index contributed by atoms with van der Waals surface area (Å²) in [7, 11) is 0. The molecule has 4 heteroatoms. The van der Waals surface area contributed by atoms with Gasteiger partial charge in [-0.1, -0.05) is 5.21 Å². The van der Waals surface area contributed by atoms with Crippen LogP contribution in [0.2, 0.25) is 0 Å². The molecule has 1 aromatic heterocycles. The van der Waals surface area contributed by atoms with Crippen LogP contribution in [-0.4, -0.2) is 15.4 Å². The van der Waals surface area contributed by atoms with Crippen LogP contribution in [0.1, 0.15) is 6.92 Å². The molecule has 8 heavy (non-hydrogen) atoms. The fourth-order valence-corrected chi connectivity index (χ4v) is 0.167. The molecule has 1 aromatic rings. The van der Waals surface area contributed by atoms with Crippen molar-refractivity contribution in [3.63, 3.8) is 0 Å². The lowest BCUT2D eigenvalue weighted by molar-refractivity contribution is 0.940. The second kappa shape index (κ2) is 5.63. The predicted octanol–water partition coefficient (Wildman–Crippen LogP) is 0.335. The monoisotopic (exact) mass is 110 g/mol. The lowest BCUT2D eigenvalue weighted by Gasteiger charge is -1.46. The number of aromatic nitrogens is 3. The molecule has 0 saturated heterocycles. The summed E-state index contributed by atoms with van der Waals surface area (Å²) in [5.74, 6) is 0. The summed E-state index contributed by atoms with van der Waals surface area (Å²) in [5.41, 5.74) is 0. The third kappa shape index (κ3) is 4.63. The van der Waals surface area contributed by atoms with Gasteiger partial charge >= 0.3 is 0 Å². The van der Waals surface area contributed by atoms with Crippen LogP contribution >= 0.6 is 0 Å². The summed E-state index contributed by atoms with van der Waals surface area (Å²) in [5, 5.41) is 16.6. The van der Waals surface area contributed by atoms with E-state index in [4.69, 9.17) is 5.26 Å². The van der Waals surface area contributed by atoms with Crippen molar-refractivity contribution in [1.82, 2.24) is 15.4 Å². The number of rotatable bonds is 0. The Morgan fingerprint density at radius 3 is 2.50 bits per heavy atom. The molecule has 0 radical (unpaired) electrons. The number of aromatic amines is 1. The molecule has 1 N–H and O–H groups in total. The molecule has 0 aliphatic rings. The molecule has 0 aliphatic carbocycles. The average molecular weight is 110 g/mol. The summed E-state index contributed by atoms with van der Waals surface area (Å²) in [6, 6.07) is 1.75. The smallest absolute Gasteiger partial charge is 0.0690 e. The van der Waals surface area contributed by atoms with Crippen molar-refractivity contribution in [2.45, 2.75) is 6.92 Å². The van der Waals surface area contributed by atoms with Gasteiger partial charge in [0.1, 0.15) is 0 Å². The summed E-state index contributed by atoms with van der Waals surface area (Å²) < 4.78 is 0. The Hall–Kier alpha value is -1.37. The maximum absolute atomic E-state index is 7.32. The van der Waals surface area contributed by atoms with E-state index >= 15 is 0 Å². The molecule has 4 nitrogen and oxygen atoms in total. The third-order valence-electron chi connectivity index (χ3n) is 0.331. The Bertz CT molecular complexity index is 120. The lowest BCUT2D eigenvalue weighted by Crippen LogP contribution is -1.61. The first-order chi connectivity index (χ1) is 3.91. The molecular weight excluding hydrogens is 104 g/mol. The van der Waals surface area contributed by atoms with Gasteiger partial charge in [-0.25, -0.2) is 0 Å². The van der Waals surface area contributed by atoms with Crippen LogP contribution < -0.4 is 0 Å². The van der Waals surface area contributed by atoms with Gasteiger partial charge in [0.2, 0.25) is 0 Å². The van der Waals surface area contributed by atoms with Crippen molar-refractivity contribution < 1.29 is 0 Å². The minimum atomic E-state index is 1.43. The molecule has 0 spiro atoms. The third-order valence-corrected chi connectivity index (χ3v) is 0.331. The van der Waals surface area contributed by atoms with Crippen LogP contribution in [0.5, 0.6) is 0 Å². The number of hydrogen-bond acceptors (Lipinski definition) is 3. The number of H-pyrrole nitrogens is 1. The Labute approximate surface area is 47.1 Å². The van der Waals surface area contributed by atoms with E-state index in [1.54, 1.807) is 18.5 Å². The molecule has 1 rings (SSSR count). The molecule has 0 aromatic carbocycles. The molecule has 0 aliphatic heterocycles. The quantitative estimate of drug-likeness (QED) is 0.523. The van der Waals surface area contributed by atoms with Gasteiger partial charge in [-0.05, 0) is 0 Å². The SMILES string of the molecule is CC#N.c1c[nH]nn1. The molecular formula is C4H6N4. The molecule has 42 valence electrons. The fraction of sp³-hybridized carbons (Fsp3) is 0.250. The van der Waals surface area contributed by atoms with Gasteiger partial charge in [0.05, 0.1) is 12.3 Å². The van der Waals surface area contributed by atoms with Crippen LogP contribution in [0.15, 0.2) is 12.4 Å². The molecule has 0 unspecified atom stereocenters. The zero-order chi connectivity index (χ0) is 6.24. The molecule has 1 heterocycles. The zero-order valence-electron chi connectivity index (χ0n) is 4.50. The molecule has 0 fully saturated rings. The van der Waals surface area contributed by atoms with Crippen molar-refractivity contribution in [2.75, 3.05) is 0 Å². The minimum absolute atomic E-state index is 1.43. The van der Waals surface area contributed by atoms with Gasteiger partial charge in [-0.2, -0.15) is 5.26 Å². The molecule has 0 saturated carbocycles. The first kappa shape index (κ1) is 6.63.